The van der Waals surface area contributed by atoms with Crippen molar-refractivity contribution in [2.75, 3.05) is 0 Å². The number of nitrogens with zero attached hydrogens (tertiary/aromatic N) is 2. The van der Waals surface area contributed by atoms with E-state index in [0.29, 0.717) is 5.84 Å². The van der Waals surface area contributed by atoms with Crippen molar-refractivity contribution in [3.05, 3.63) is 203 Å². The van der Waals surface area contributed by atoms with Crippen LogP contribution in [0.4, 0.5) is 0 Å². The van der Waals surface area contributed by atoms with E-state index in [2.05, 4.69) is 139 Å². The second-order valence-electron chi connectivity index (χ2n) is 13.3. The number of benzene rings is 7. The molecule has 5 heteroatoms. The zero-order chi connectivity index (χ0) is 33.5. The van der Waals surface area contributed by atoms with Crippen LogP contribution in [0.1, 0.15) is 45.1 Å². The molecule has 240 valence electrons. The van der Waals surface area contributed by atoms with Crippen LogP contribution in [0.5, 0.6) is 0 Å². The van der Waals surface area contributed by atoms with E-state index in [9.17, 15) is 0 Å². The highest BCUT2D eigenvalue weighted by molar-refractivity contribution is 7.99. The number of aliphatic imine (C=N–C) groups is 2. The highest BCUT2D eigenvalue weighted by Crippen LogP contribution is 2.62. The van der Waals surface area contributed by atoms with Gasteiger partial charge < -0.3 is 9.73 Å². The van der Waals surface area contributed by atoms with Gasteiger partial charge in [-0.3, -0.25) is 0 Å². The Hall–Kier alpha value is -6.17. The molecule has 1 spiro atoms. The number of furan rings is 1. The summed E-state index contributed by atoms with van der Waals surface area (Å²) in [4.78, 5) is 13.1. The minimum Gasteiger partial charge on any atom is -0.456 e. The van der Waals surface area contributed by atoms with Gasteiger partial charge in [-0.05, 0) is 63.7 Å². The lowest BCUT2D eigenvalue weighted by atomic mass is 9.67. The lowest BCUT2D eigenvalue weighted by Crippen LogP contribution is -2.34. The third-order valence-corrected chi connectivity index (χ3v) is 11.8. The number of para-hydroxylation sites is 1. The van der Waals surface area contributed by atoms with Crippen LogP contribution in [-0.2, 0) is 5.41 Å². The molecule has 0 fully saturated rings. The zero-order valence-electron chi connectivity index (χ0n) is 27.4. The second-order valence-corrected chi connectivity index (χ2v) is 14.4. The summed E-state index contributed by atoms with van der Waals surface area (Å²) in [6, 6.07) is 58.5. The van der Waals surface area contributed by atoms with Gasteiger partial charge in [-0.1, -0.05) is 145 Å². The maximum atomic E-state index is 6.30. The molecule has 1 unspecified atom stereocenters. The van der Waals surface area contributed by atoms with E-state index < -0.39 is 5.41 Å². The smallest absolute Gasteiger partial charge is 0.159 e. The first-order chi connectivity index (χ1) is 25.3. The molecule has 51 heavy (non-hydrogen) atoms. The van der Waals surface area contributed by atoms with Gasteiger partial charge in [-0.25, -0.2) is 9.98 Å². The number of hydrogen-bond acceptors (Lipinski definition) is 5. The molecule has 0 radical (unpaired) electrons. The number of fused-ring (bicyclic) bond motifs is 12. The predicted molar refractivity (Wildman–Crippen MR) is 207 cm³/mol. The van der Waals surface area contributed by atoms with E-state index in [0.717, 1.165) is 44.5 Å². The molecule has 4 nitrogen and oxygen atoms in total. The lowest BCUT2D eigenvalue weighted by Gasteiger charge is -2.40. The molecule has 1 N–H and O–H groups in total. The monoisotopic (exact) mass is 671 g/mol. The van der Waals surface area contributed by atoms with E-state index in [1.807, 2.05) is 42.1 Å². The molecule has 8 aromatic rings. The van der Waals surface area contributed by atoms with Crippen molar-refractivity contribution in [3.63, 3.8) is 0 Å². The fraction of sp³-hybridized carbons (Fsp3) is 0.0435. The SMILES string of the molecule is c1ccc(C2=NC(c3ccc4c(c3)C3(c5ccccc5S4)c4ccccc4-c4ccccc43)=NC(c3ccc4c(c3)oc3ccccc34)N2)cc1. The molecule has 1 atom stereocenters. The van der Waals surface area contributed by atoms with E-state index in [-0.39, 0.29) is 6.17 Å². The van der Waals surface area contributed by atoms with Crippen LogP contribution in [0.2, 0.25) is 0 Å². The molecule has 0 bridgehead atoms. The molecular formula is C46H29N3OS. The highest BCUT2D eigenvalue weighted by atomic mass is 32.2. The van der Waals surface area contributed by atoms with Crippen molar-refractivity contribution >= 4 is 45.4 Å². The number of hydrogen-bond donors (Lipinski definition) is 1. The van der Waals surface area contributed by atoms with Crippen LogP contribution in [-0.4, -0.2) is 11.7 Å². The average molecular weight is 672 g/mol. The van der Waals surface area contributed by atoms with E-state index in [1.54, 1.807) is 0 Å². The highest BCUT2D eigenvalue weighted by Gasteiger charge is 2.50. The van der Waals surface area contributed by atoms with E-state index in [1.165, 1.54) is 43.2 Å². The number of amidine groups is 2. The van der Waals surface area contributed by atoms with Crippen molar-refractivity contribution < 1.29 is 4.42 Å². The number of nitrogens with one attached hydrogen (secondary N) is 1. The first-order valence-corrected chi connectivity index (χ1v) is 18.1. The van der Waals surface area contributed by atoms with Crippen molar-refractivity contribution in [1.82, 2.24) is 5.32 Å². The maximum absolute atomic E-state index is 6.30. The fourth-order valence-corrected chi connectivity index (χ4v) is 9.57. The molecule has 11 rings (SSSR count). The van der Waals surface area contributed by atoms with E-state index >= 15 is 0 Å². The summed E-state index contributed by atoms with van der Waals surface area (Å²) in [6.45, 7) is 0. The summed E-state index contributed by atoms with van der Waals surface area (Å²) >= 11 is 1.85. The normalized spacial score (nSPS) is 16.5. The first kappa shape index (κ1) is 28.6. The predicted octanol–water partition coefficient (Wildman–Crippen LogP) is 10.9. The van der Waals surface area contributed by atoms with Crippen LogP contribution in [0.25, 0.3) is 33.1 Å². The van der Waals surface area contributed by atoms with Crippen molar-refractivity contribution in [2.45, 2.75) is 21.4 Å². The first-order valence-electron chi connectivity index (χ1n) is 17.3. The summed E-state index contributed by atoms with van der Waals surface area (Å²) in [7, 11) is 0. The Balaban J connectivity index is 1.12. The molecule has 0 saturated carbocycles. The van der Waals surface area contributed by atoms with Gasteiger partial charge in [0.05, 0.1) is 5.41 Å². The molecule has 2 aliphatic heterocycles. The van der Waals surface area contributed by atoms with Crippen LogP contribution < -0.4 is 5.32 Å². The standard InChI is InChI=1S/C46H29N3OS/c1-2-12-28(13-3-1)43-47-44(49-45(48-43)30-22-24-34-33-16-6-10-20-39(33)50-40(34)27-30)29-23-25-42-38(26-29)46(37-19-9-11-21-41(37)51-42)35-17-7-4-14-31(35)32-15-5-8-18-36(32)46/h1-27,45H,(H,47,48,49). The minimum absolute atomic E-state index is 0.363. The van der Waals surface area contributed by atoms with Gasteiger partial charge in [-0.15, -0.1) is 0 Å². The average Bonchev–Trinajstić information content (AvgIpc) is 3.72. The maximum Gasteiger partial charge on any atom is 0.159 e. The Morgan fingerprint density at radius 1 is 0.529 bits per heavy atom. The van der Waals surface area contributed by atoms with Gasteiger partial charge in [0.25, 0.3) is 0 Å². The summed E-state index contributed by atoms with van der Waals surface area (Å²) in [5, 5.41) is 5.86. The largest absolute Gasteiger partial charge is 0.456 e. The molecule has 3 heterocycles. The Bertz CT molecular complexity index is 2730. The lowest BCUT2D eigenvalue weighted by molar-refractivity contribution is 0.655. The van der Waals surface area contributed by atoms with Gasteiger partial charge in [-0.2, -0.15) is 0 Å². The third kappa shape index (κ3) is 4.16. The van der Waals surface area contributed by atoms with Gasteiger partial charge in [0.15, 0.2) is 5.84 Å². The molecule has 0 amide bonds. The van der Waals surface area contributed by atoms with Gasteiger partial charge in [0.2, 0.25) is 0 Å². The van der Waals surface area contributed by atoms with Crippen LogP contribution in [0, 0.1) is 0 Å². The van der Waals surface area contributed by atoms with Crippen LogP contribution in [0.15, 0.2) is 188 Å². The van der Waals surface area contributed by atoms with Crippen LogP contribution >= 0.6 is 11.8 Å². The van der Waals surface area contributed by atoms with Crippen molar-refractivity contribution in [2.24, 2.45) is 9.98 Å². The topological polar surface area (TPSA) is 49.9 Å². The third-order valence-electron chi connectivity index (χ3n) is 10.6. The van der Waals surface area contributed by atoms with Crippen molar-refractivity contribution in [3.8, 4) is 11.1 Å². The summed E-state index contributed by atoms with van der Waals surface area (Å²) in [5.41, 5.74) is 12.1. The van der Waals surface area contributed by atoms with Gasteiger partial charge in [0, 0.05) is 37.3 Å². The molecule has 0 saturated heterocycles. The molecule has 1 aliphatic carbocycles. The number of rotatable bonds is 3. The van der Waals surface area contributed by atoms with Crippen LogP contribution in [0.3, 0.4) is 0 Å². The zero-order valence-corrected chi connectivity index (χ0v) is 28.2. The summed E-state index contributed by atoms with van der Waals surface area (Å²) in [6.07, 6.45) is -0.363. The minimum atomic E-state index is -0.467. The molecule has 1 aromatic heterocycles. The van der Waals surface area contributed by atoms with Crippen molar-refractivity contribution in [1.29, 1.82) is 0 Å². The Morgan fingerprint density at radius 2 is 1.20 bits per heavy atom. The molecular weight excluding hydrogens is 643 g/mol. The molecule has 7 aromatic carbocycles. The quantitative estimate of drug-likeness (QED) is 0.203. The Morgan fingerprint density at radius 3 is 2.02 bits per heavy atom. The Labute approximate surface area is 299 Å². The Kier molecular flexibility index (Phi) is 6.13. The summed E-state index contributed by atoms with van der Waals surface area (Å²) < 4.78 is 6.30. The second kappa shape index (κ2) is 10.9. The van der Waals surface area contributed by atoms with E-state index in [4.69, 9.17) is 14.4 Å². The van der Waals surface area contributed by atoms with Gasteiger partial charge >= 0.3 is 0 Å². The van der Waals surface area contributed by atoms with Gasteiger partial charge in [0.1, 0.15) is 23.2 Å². The molecule has 3 aliphatic rings. The summed E-state index contributed by atoms with van der Waals surface area (Å²) in [5.74, 6) is 1.49. The fourth-order valence-electron chi connectivity index (χ4n) is 8.40.